The maximum absolute atomic E-state index is 12.1. The summed E-state index contributed by atoms with van der Waals surface area (Å²) >= 11 is 19.2. The van der Waals surface area contributed by atoms with Crippen molar-refractivity contribution in [3.05, 3.63) is 29.8 Å². The van der Waals surface area contributed by atoms with Gasteiger partial charge in [0.05, 0.1) is 0 Å². The van der Waals surface area contributed by atoms with Gasteiger partial charge in [-0.15, -0.1) is 0 Å². The first-order chi connectivity index (χ1) is 9.00. The van der Waals surface area contributed by atoms with Crippen LogP contribution in [0.2, 0.25) is 0 Å². The van der Waals surface area contributed by atoms with E-state index in [0.717, 1.165) is 10.5 Å². The smallest absolute Gasteiger partial charge is 0.226 e. The number of aryl methyl sites for hydroxylation is 1. The van der Waals surface area contributed by atoms with E-state index in [1.807, 2.05) is 52.0 Å². The molecule has 2 nitrogen and oxygen atoms in total. The Hall–Kier alpha value is -0.0900. The maximum Gasteiger partial charge on any atom is 0.226 e. The van der Waals surface area contributed by atoms with Gasteiger partial charge >= 0.3 is 0 Å². The summed E-state index contributed by atoms with van der Waals surface area (Å²) in [6.07, 6.45) is 0. The van der Waals surface area contributed by atoms with Crippen molar-refractivity contribution in [3.63, 3.8) is 0 Å². The molecule has 0 aliphatic carbocycles. The van der Waals surface area contributed by atoms with Gasteiger partial charge in [-0.3, -0.25) is 4.79 Å². The van der Waals surface area contributed by atoms with Crippen molar-refractivity contribution >= 4 is 52.5 Å². The second-order valence-corrected chi connectivity index (χ2v) is 9.12. The van der Waals surface area contributed by atoms with Gasteiger partial charge in [-0.05, 0) is 19.1 Å². The molecule has 0 saturated carbocycles. The average molecular weight is 355 g/mol. The lowest BCUT2D eigenvalue weighted by Crippen LogP contribution is -2.46. The molecule has 1 atom stereocenters. The number of carbonyl (C=O) groups is 1. The lowest BCUT2D eigenvalue weighted by atomic mass is 9.96. The standard InChI is InChI=1S/C14H18Cl3NOS/c1-9-5-7-10(8-6-9)20-12(14(15,16)17)18-11(19)13(2,3)4/h5-8,12H,1-4H3,(H,18,19). The Kier molecular flexibility index (Phi) is 6.09. The number of halogens is 3. The zero-order chi connectivity index (χ0) is 15.6. The van der Waals surface area contributed by atoms with Crippen molar-refractivity contribution in [2.45, 2.75) is 41.8 Å². The molecule has 0 aliphatic heterocycles. The van der Waals surface area contributed by atoms with Gasteiger partial charge in [-0.25, -0.2) is 0 Å². The second-order valence-electron chi connectivity index (χ2n) is 5.58. The van der Waals surface area contributed by atoms with Crippen LogP contribution < -0.4 is 5.32 Å². The molecular formula is C14H18Cl3NOS. The van der Waals surface area contributed by atoms with Gasteiger partial charge in [0.1, 0.15) is 5.37 Å². The molecule has 0 bridgehead atoms. The van der Waals surface area contributed by atoms with E-state index < -0.39 is 14.6 Å². The van der Waals surface area contributed by atoms with E-state index in [1.54, 1.807) is 0 Å². The topological polar surface area (TPSA) is 29.1 Å². The lowest BCUT2D eigenvalue weighted by molar-refractivity contribution is -0.128. The van der Waals surface area contributed by atoms with E-state index in [2.05, 4.69) is 5.32 Å². The highest BCUT2D eigenvalue weighted by atomic mass is 35.6. The minimum absolute atomic E-state index is 0.159. The third-order valence-corrected chi connectivity index (χ3v) is 4.81. The average Bonchev–Trinajstić information content (AvgIpc) is 2.28. The number of rotatable bonds is 3. The third kappa shape index (κ3) is 5.72. The Bertz CT molecular complexity index is 463. The molecule has 0 heterocycles. The molecule has 0 radical (unpaired) electrons. The van der Waals surface area contributed by atoms with Crippen LogP contribution in [0.3, 0.4) is 0 Å². The quantitative estimate of drug-likeness (QED) is 0.473. The SMILES string of the molecule is Cc1ccc(SC(NC(=O)C(C)(C)C)C(Cl)(Cl)Cl)cc1. The number of carbonyl (C=O) groups excluding carboxylic acids is 1. The summed E-state index contributed by atoms with van der Waals surface area (Å²) in [4.78, 5) is 13.0. The number of hydrogen-bond donors (Lipinski definition) is 1. The molecular weight excluding hydrogens is 337 g/mol. The van der Waals surface area contributed by atoms with Crippen LogP contribution >= 0.6 is 46.6 Å². The molecule has 0 fully saturated rings. The summed E-state index contributed by atoms with van der Waals surface area (Å²) in [5.74, 6) is -0.159. The predicted octanol–water partition coefficient (Wildman–Crippen LogP) is 4.95. The molecule has 0 aromatic heterocycles. The fourth-order valence-electron chi connectivity index (χ4n) is 1.27. The molecule has 6 heteroatoms. The molecule has 1 N–H and O–H groups in total. The van der Waals surface area contributed by atoms with E-state index in [0.29, 0.717) is 0 Å². The van der Waals surface area contributed by atoms with Crippen molar-refractivity contribution in [1.29, 1.82) is 0 Å². The number of thioether (sulfide) groups is 1. The molecule has 0 saturated heterocycles. The van der Waals surface area contributed by atoms with Crippen LogP contribution in [-0.2, 0) is 4.79 Å². The maximum atomic E-state index is 12.1. The Morgan fingerprint density at radius 3 is 2.05 bits per heavy atom. The highest BCUT2D eigenvalue weighted by molar-refractivity contribution is 8.00. The van der Waals surface area contributed by atoms with Gasteiger partial charge in [0.25, 0.3) is 0 Å². The third-order valence-electron chi connectivity index (χ3n) is 2.52. The fourth-order valence-corrected chi connectivity index (χ4v) is 2.70. The van der Waals surface area contributed by atoms with Gasteiger partial charge in [0.2, 0.25) is 9.70 Å². The van der Waals surface area contributed by atoms with E-state index in [9.17, 15) is 4.79 Å². The Labute approximate surface area is 139 Å². The van der Waals surface area contributed by atoms with Crippen LogP contribution in [0.1, 0.15) is 26.3 Å². The van der Waals surface area contributed by atoms with Crippen molar-refractivity contribution in [3.8, 4) is 0 Å². The van der Waals surface area contributed by atoms with E-state index in [-0.39, 0.29) is 5.91 Å². The van der Waals surface area contributed by atoms with Crippen molar-refractivity contribution in [2.24, 2.45) is 5.41 Å². The molecule has 1 rings (SSSR count). The molecule has 1 aromatic rings. The Balaban J connectivity index is 2.86. The number of amides is 1. The van der Waals surface area contributed by atoms with E-state index in [4.69, 9.17) is 34.8 Å². The molecule has 0 aliphatic rings. The number of benzene rings is 1. The fraction of sp³-hybridized carbons (Fsp3) is 0.500. The summed E-state index contributed by atoms with van der Waals surface area (Å²) in [5, 5.41) is 2.14. The van der Waals surface area contributed by atoms with Crippen molar-refractivity contribution < 1.29 is 4.79 Å². The summed E-state index contributed by atoms with van der Waals surface area (Å²) < 4.78 is -1.59. The Morgan fingerprint density at radius 2 is 1.65 bits per heavy atom. The predicted molar refractivity (Wildman–Crippen MR) is 88.7 cm³/mol. The first kappa shape index (κ1) is 18.0. The first-order valence-corrected chi connectivity index (χ1v) is 8.12. The first-order valence-electron chi connectivity index (χ1n) is 6.11. The van der Waals surface area contributed by atoms with Crippen LogP contribution in [0.4, 0.5) is 0 Å². The second kappa shape index (κ2) is 6.78. The van der Waals surface area contributed by atoms with Gasteiger partial charge in [-0.1, -0.05) is 85.0 Å². The highest BCUT2D eigenvalue weighted by Crippen LogP contribution is 2.39. The van der Waals surface area contributed by atoms with Crippen LogP contribution in [0.15, 0.2) is 29.2 Å². The zero-order valence-electron chi connectivity index (χ0n) is 11.8. The van der Waals surface area contributed by atoms with Crippen LogP contribution in [0.5, 0.6) is 0 Å². The van der Waals surface area contributed by atoms with E-state index >= 15 is 0 Å². The summed E-state index contributed by atoms with van der Waals surface area (Å²) in [5.41, 5.74) is 0.612. The molecule has 20 heavy (non-hydrogen) atoms. The van der Waals surface area contributed by atoms with Crippen molar-refractivity contribution in [1.82, 2.24) is 5.32 Å². The molecule has 112 valence electrons. The molecule has 0 spiro atoms. The number of nitrogens with one attached hydrogen (secondary N) is 1. The van der Waals surface area contributed by atoms with Gasteiger partial charge in [0, 0.05) is 10.3 Å². The monoisotopic (exact) mass is 353 g/mol. The zero-order valence-corrected chi connectivity index (χ0v) is 14.9. The molecule has 1 amide bonds. The lowest BCUT2D eigenvalue weighted by Gasteiger charge is -2.28. The molecule has 1 aromatic carbocycles. The Morgan fingerprint density at radius 1 is 1.15 bits per heavy atom. The van der Waals surface area contributed by atoms with Crippen LogP contribution in [0.25, 0.3) is 0 Å². The highest BCUT2D eigenvalue weighted by Gasteiger charge is 2.37. The normalized spacial score (nSPS) is 13.9. The van der Waals surface area contributed by atoms with Gasteiger partial charge in [-0.2, -0.15) is 0 Å². The minimum atomic E-state index is -1.59. The van der Waals surface area contributed by atoms with Crippen LogP contribution in [-0.4, -0.2) is 15.1 Å². The van der Waals surface area contributed by atoms with Crippen molar-refractivity contribution in [2.75, 3.05) is 0 Å². The summed E-state index contributed by atoms with van der Waals surface area (Å²) in [6, 6.07) is 7.83. The van der Waals surface area contributed by atoms with Gasteiger partial charge in [0.15, 0.2) is 0 Å². The number of alkyl halides is 3. The summed E-state index contributed by atoms with van der Waals surface area (Å²) in [7, 11) is 0. The minimum Gasteiger partial charge on any atom is -0.339 e. The largest absolute Gasteiger partial charge is 0.339 e. The van der Waals surface area contributed by atoms with E-state index in [1.165, 1.54) is 11.8 Å². The number of hydrogen-bond acceptors (Lipinski definition) is 2. The summed E-state index contributed by atoms with van der Waals surface area (Å²) in [6.45, 7) is 7.44. The van der Waals surface area contributed by atoms with Gasteiger partial charge < -0.3 is 5.32 Å². The van der Waals surface area contributed by atoms with Crippen LogP contribution in [0, 0.1) is 12.3 Å². The molecule has 1 unspecified atom stereocenters.